The van der Waals surface area contributed by atoms with Crippen molar-refractivity contribution < 1.29 is 9.59 Å². The van der Waals surface area contributed by atoms with Crippen molar-refractivity contribution >= 4 is 17.9 Å². The first-order valence-electron chi connectivity index (χ1n) is 6.17. The summed E-state index contributed by atoms with van der Waals surface area (Å²) in [7, 11) is 1.82. The zero-order valence-corrected chi connectivity index (χ0v) is 11.2. The highest BCUT2D eigenvalue weighted by atomic mass is 16.2. The third-order valence-electron chi connectivity index (χ3n) is 2.96. The Balaban J connectivity index is 2.79. The molecule has 0 aliphatic carbocycles. The molecule has 0 saturated heterocycles. The summed E-state index contributed by atoms with van der Waals surface area (Å²) in [6.07, 6.45) is 0.813. The highest BCUT2D eigenvalue weighted by Gasteiger charge is 2.14. The molecule has 0 fully saturated rings. The van der Waals surface area contributed by atoms with E-state index in [0.717, 1.165) is 12.0 Å². The van der Waals surface area contributed by atoms with Gasteiger partial charge >= 0.3 is 0 Å². The van der Waals surface area contributed by atoms with Gasteiger partial charge in [-0.2, -0.15) is 0 Å². The lowest BCUT2D eigenvalue weighted by Crippen LogP contribution is -2.39. The first-order chi connectivity index (χ1) is 8.63. The van der Waals surface area contributed by atoms with Crippen molar-refractivity contribution in [1.82, 2.24) is 4.90 Å². The van der Waals surface area contributed by atoms with Crippen LogP contribution < -0.4 is 4.90 Å². The Hall–Kier alpha value is -1.84. The van der Waals surface area contributed by atoms with E-state index in [2.05, 4.69) is 0 Å². The molecule has 0 spiro atoms. The fourth-order valence-corrected chi connectivity index (χ4v) is 1.90. The minimum Gasteiger partial charge on any atom is -0.365 e. The molecule has 18 heavy (non-hydrogen) atoms. The Labute approximate surface area is 108 Å². The van der Waals surface area contributed by atoms with Crippen molar-refractivity contribution in [2.75, 3.05) is 31.6 Å². The molecular weight excluding hydrogens is 228 g/mol. The molecule has 0 radical (unpaired) electrons. The lowest BCUT2D eigenvalue weighted by Gasteiger charge is -2.25. The van der Waals surface area contributed by atoms with Crippen LogP contribution in [0.4, 0.5) is 5.69 Å². The molecule has 1 amide bonds. The van der Waals surface area contributed by atoms with E-state index in [-0.39, 0.29) is 12.5 Å². The molecule has 1 rings (SSSR count). The summed E-state index contributed by atoms with van der Waals surface area (Å²) in [4.78, 5) is 26.5. The van der Waals surface area contributed by atoms with Crippen molar-refractivity contribution in [3.63, 3.8) is 0 Å². The van der Waals surface area contributed by atoms with E-state index in [9.17, 15) is 9.59 Å². The number of likely N-dealkylation sites (N-methyl/N-ethyl adjacent to an activating group) is 2. The van der Waals surface area contributed by atoms with Crippen molar-refractivity contribution in [2.24, 2.45) is 0 Å². The standard InChI is InChI=1S/C14H20N2O2/c1-4-16(5-2)14(18)10-15(3)13-9-7-6-8-12(13)11-17/h6-9,11H,4-5,10H2,1-3H3. The summed E-state index contributed by atoms with van der Waals surface area (Å²) in [6.45, 7) is 5.62. The fourth-order valence-electron chi connectivity index (χ4n) is 1.90. The average molecular weight is 248 g/mol. The van der Waals surface area contributed by atoms with E-state index in [1.54, 1.807) is 11.0 Å². The highest BCUT2D eigenvalue weighted by Crippen LogP contribution is 2.17. The summed E-state index contributed by atoms with van der Waals surface area (Å²) in [5.74, 6) is 0.0724. The van der Waals surface area contributed by atoms with Crippen LogP contribution in [0.15, 0.2) is 24.3 Å². The molecule has 0 aliphatic heterocycles. The molecule has 0 saturated carbocycles. The van der Waals surface area contributed by atoms with E-state index >= 15 is 0 Å². The monoisotopic (exact) mass is 248 g/mol. The predicted octanol–water partition coefficient (Wildman–Crippen LogP) is 1.80. The molecule has 98 valence electrons. The number of anilines is 1. The molecule has 0 N–H and O–H groups in total. The third kappa shape index (κ3) is 3.32. The number of carbonyl (C=O) groups is 2. The summed E-state index contributed by atoms with van der Waals surface area (Å²) in [5, 5.41) is 0. The normalized spacial score (nSPS) is 9.94. The first-order valence-corrected chi connectivity index (χ1v) is 6.17. The molecule has 1 aromatic rings. The summed E-state index contributed by atoms with van der Waals surface area (Å²) < 4.78 is 0. The van der Waals surface area contributed by atoms with Gasteiger partial charge < -0.3 is 9.80 Å². The molecular formula is C14H20N2O2. The number of hydrogen-bond acceptors (Lipinski definition) is 3. The second-order valence-corrected chi connectivity index (χ2v) is 4.10. The molecule has 0 aliphatic rings. The van der Waals surface area contributed by atoms with Gasteiger partial charge in [-0.25, -0.2) is 0 Å². The number of carbonyl (C=O) groups excluding carboxylic acids is 2. The van der Waals surface area contributed by atoms with Gasteiger partial charge in [-0.15, -0.1) is 0 Å². The van der Waals surface area contributed by atoms with Crippen molar-refractivity contribution in [3.05, 3.63) is 29.8 Å². The number of para-hydroxylation sites is 1. The van der Waals surface area contributed by atoms with Crippen LogP contribution in [-0.4, -0.2) is 43.8 Å². The number of amides is 1. The molecule has 0 unspecified atom stereocenters. The Morgan fingerprint density at radius 2 is 1.83 bits per heavy atom. The second kappa shape index (κ2) is 6.79. The number of nitrogens with zero attached hydrogens (tertiary/aromatic N) is 2. The maximum atomic E-state index is 12.0. The number of rotatable bonds is 6. The molecule has 0 heterocycles. The van der Waals surface area contributed by atoms with Gasteiger partial charge in [0, 0.05) is 31.4 Å². The number of benzene rings is 1. The maximum Gasteiger partial charge on any atom is 0.242 e. The third-order valence-corrected chi connectivity index (χ3v) is 2.96. The van der Waals surface area contributed by atoms with E-state index in [1.807, 2.05) is 44.0 Å². The van der Waals surface area contributed by atoms with E-state index in [0.29, 0.717) is 18.7 Å². The van der Waals surface area contributed by atoms with Gasteiger partial charge in [-0.1, -0.05) is 12.1 Å². The van der Waals surface area contributed by atoms with Crippen LogP contribution >= 0.6 is 0 Å². The van der Waals surface area contributed by atoms with Gasteiger partial charge in [0.2, 0.25) is 5.91 Å². The van der Waals surface area contributed by atoms with Gasteiger partial charge in [0.15, 0.2) is 6.29 Å². The lowest BCUT2D eigenvalue weighted by atomic mass is 10.2. The zero-order valence-electron chi connectivity index (χ0n) is 11.2. The molecule has 0 aromatic heterocycles. The van der Waals surface area contributed by atoms with E-state index in [1.165, 1.54) is 0 Å². The van der Waals surface area contributed by atoms with Crippen LogP contribution in [0.25, 0.3) is 0 Å². The maximum absolute atomic E-state index is 12.0. The topological polar surface area (TPSA) is 40.6 Å². The van der Waals surface area contributed by atoms with Gasteiger partial charge in [0.1, 0.15) is 0 Å². The number of hydrogen-bond donors (Lipinski definition) is 0. The van der Waals surface area contributed by atoms with Gasteiger partial charge in [-0.3, -0.25) is 9.59 Å². The lowest BCUT2D eigenvalue weighted by molar-refractivity contribution is -0.129. The quantitative estimate of drug-likeness (QED) is 0.721. The largest absolute Gasteiger partial charge is 0.365 e. The van der Waals surface area contributed by atoms with Crippen molar-refractivity contribution in [3.8, 4) is 0 Å². The van der Waals surface area contributed by atoms with Gasteiger partial charge in [-0.05, 0) is 26.0 Å². The highest BCUT2D eigenvalue weighted by molar-refractivity contribution is 5.87. The Bertz CT molecular complexity index is 414. The molecule has 0 bridgehead atoms. The summed E-state index contributed by atoms with van der Waals surface area (Å²) >= 11 is 0. The molecule has 1 aromatic carbocycles. The zero-order chi connectivity index (χ0) is 13.5. The second-order valence-electron chi connectivity index (χ2n) is 4.10. The smallest absolute Gasteiger partial charge is 0.242 e. The summed E-state index contributed by atoms with van der Waals surface area (Å²) in [6, 6.07) is 7.27. The van der Waals surface area contributed by atoms with Gasteiger partial charge in [0.05, 0.1) is 6.54 Å². The molecule has 4 nitrogen and oxygen atoms in total. The van der Waals surface area contributed by atoms with E-state index in [4.69, 9.17) is 0 Å². The SMILES string of the molecule is CCN(CC)C(=O)CN(C)c1ccccc1C=O. The van der Waals surface area contributed by atoms with E-state index < -0.39 is 0 Å². The van der Waals surface area contributed by atoms with Crippen LogP contribution in [0.2, 0.25) is 0 Å². The molecule has 0 atom stereocenters. The minimum absolute atomic E-state index is 0.0724. The Kier molecular flexibility index (Phi) is 5.36. The Morgan fingerprint density at radius 1 is 1.22 bits per heavy atom. The van der Waals surface area contributed by atoms with Crippen LogP contribution in [0.5, 0.6) is 0 Å². The number of aldehydes is 1. The minimum atomic E-state index is 0.0724. The van der Waals surface area contributed by atoms with Crippen LogP contribution in [-0.2, 0) is 4.79 Å². The van der Waals surface area contributed by atoms with Crippen LogP contribution in [0.1, 0.15) is 24.2 Å². The summed E-state index contributed by atoms with van der Waals surface area (Å²) in [5.41, 5.74) is 1.39. The molecule has 4 heteroatoms. The Morgan fingerprint density at radius 3 is 2.39 bits per heavy atom. The van der Waals surface area contributed by atoms with Crippen molar-refractivity contribution in [1.29, 1.82) is 0 Å². The van der Waals surface area contributed by atoms with Gasteiger partial charge in [0.25, 0.3) is 0 Å². The van der Waals surface area contributed by atoms with Crippen LogP contribution in [0.3, 0.4) is 0 Å². The average Bonchev–Trinajstić information content (AvgIpc) is 2.40. The van der Waals surface area contributed by atoms with Crippen molar-refractivity contribution in [2.45, 2.75) is 13.8 Å². The first kappa shape index (κ1) is 14.2. The fraction of sp³-hybridized carbons (Fsp3) is 0.429. The van der Waals surface area contributed by atoms with Crippen LogP contribution in [0, 0.1) is 0 Å². The predicted molar refractivity (Wildman–Crippen MR) is 73.0 cm³/mol.